The Balaban J connectivity index is 0.0000000853. The molecule has 117 heavy (non-hydrogen) atoms. The van der Waals surface area contributed by atoms with E-state index >= 15 is 0 Å². The van der Waals surface area contributed by atoms with Gasteiger partial charge in [0.05, 0.1) is 27.8 Å². The Morgan fingerprint density at radius 2 is 0.581 bits per heavy atom. The summed E-state index contributed by atoms with van der Waals surface area (Å²) < 4.78 is 35.3. The first kappa shape index (κ1) is 64.9. The van der Waals surface area contributed by atoms with Gasteiger partial charge in [0.25, 0.3) is 26.9 Å². The first-order chi connectivity index (χ1) is 57.8. The molecule has 0 N–H and O–H groups in total. The van der Waals surface area contributed by atoms with Gasteiger partial charge in [0.1, 0.15) is 46.0 Å². The number of aryl methyl sites for hydroxylation is 3. The van der Waals surface area contributed by atoms with Crippen LogP contribution in [0.4, 0.5) is 0 Å². The number of benzene rings is 17. The molecule has 0 radical (unpaired) electrons. The first-order valence-corrected chi connectivity index (χ1v) is 40.7. The Morgan fingerprint density at radius 1 is 0.222 bits per heavy atom. The van der Waals surface area contributed by atoms with Crippen LogP contribution in [0.3, 0.4) is 0 Å². The molecule has 0 spiro atoms. The predicted molar refractivity (Wildman–Crippen MR) is 487 cm³/mol. The highest BCUT2D eigenvalue weighted by Gasteiger charge is 2.46. The zero-order valence-corrected chi connectivity index (χ0v) is 64.1. The second kappa shape index (κ2) is 24.2. The van der Waals surface area contributed by atoms with Crippen molar-refractivity contribution in [2.24, 2.45) is 0 Å². The molecule has 21 aromatic rings. The second-order valence-electron chi connectivity index (χ2n) is 32.4. The number of aromatic nitrogens is 4. The zero-order valence-electron chi connectivity index (χ0n) is 64.1. The summed E-state index contributed by atoms with van der Waals surface area (Å²) in [5.41, 5.74) is 37.2. The summed E-state index contributed by atoms with van der Waals surface area (Å²) in [6.07, 6.45) is 0. The third kappa shape index (κ3) is 8.91. The maximum atomic E-state index is 6.50. The molecule has 0 unspecified atom stereocenters. The molecule has 4 aromatic heterocycles. The topological polar surface area (TPSA) is 56.6 Å². The van der Waals surface area contributed by atoms with Gasteiger partial charge in [-0.2, -0.15) is 0 Å². The Labute approximate surface area is 675 Å². The summed E-state index contributed by atoms with van der Waals surface area (Å²) in [6.45, 7) is 7.30. The number of hydrogen-bond acceptors (Lipinski definition) is 4. The molecule has 0 bridgehead atoms. The van der Waals surface area contributed by atoms with Crippen LogP contribution in [0.15, 0.2) is 346 Å². The summed E-state index contributed by atoms with van der Waals surface area (Å²) >= 11 is 0. The van der Waals surface area contributed by atoms with Crippen LogP contribution in [-0.2, 0) is 0 Å². The molecule has 8 aliphatic rings. The normalized spacial score (nSPS) is 13.3. The molecule has 8 nitrogen and oxygen atoms in total. The van der Waals surface area contributed by atoms with Crippen molar-refractivity contribution in [2.75, 3.05) is 0 Å². The second-order valence-corrected chi connectivity index (χ2v) is 32.4. The quantitative estimate of drug-likeness (QED) is 0.154. The van der Waals surface area contributed by atoms with E-state index in [0.717, 1.165) is 46.0 Å². The van der Waals surface area contributed by atoms with E-state index in [1.165, 1.54) is 203 Å². The Morgan fingerprint density at radius 3 is 1.13 bits per heavy atom. The molecular weight excluding hydrogens is 1420 g/mol. The minimum absolute atomic E-state index is 0.143. The van der Waals surface area contributed by atoms with E-state index in [-0.39, 0.29) is 26.9 Å². The molecule has 0 saturated carbocycles. The monoisotopic (exact) mass is 1490 g/mol. The maximum Gasteiger partial charge on any atom is 0.256 e. The van der Waals surface area contributed by atoms with Crippen LogP contribution in [0.25, 0.3) is 121 Å². The van der Waals surface area contributed by atoms with Crippen molar-refractivity contribution in [3.05, 3.63) is 362 Å². The van der Waals surface area contributed by atoms with Crippen molar-refractivity contribution in [3.8, 4) is 79.9 Å². The fourth-order valence-corrected chi connectivity index (χ4v) is 21.7. The molecule has 0 aliphatic carbocycles. The molecule has 0 saturated heterocycles. The number of para-hydroxylation sites is 9. The minimum Gasteiger partial charge on any atom is -0.458 e. The Bertz CT molecular complexity index is 7910. The zero-order chi connectivity index (χ0) is 76.7. The maximum absolute atomic E-state index is 6.50. The fourth-order valence-electron chi connectivity index (χ4n) is 21.7. The molecule has 29 rings (SSSR count). The molecular formula is C105H66B4N4O4. The van der Waals surface area contributed by atoms with E-state index in [2.05, 4.69) is 385 Å². The van der Waals surface area contributed by atoms with Gasteiger partial charge < -0.3 is 37.2 Å². The molecule has 0 atom stereocenters. The van der Waals surface area contributed by atoms with Gasteiger partial charge in [-0.25, -0.2) is 0 Å². The lowest BCUT2D eigenvalue weighted by atomic mass is 9.34. The SMILES string of the molecule is Cc1ccc2c(c1)c1cccc3c1n2-c1cccc2c1B3c1ccccc1O2.Cc1ccc2c3cccc4c3n(c2c1)-c1cccc2c1B4c1ccccc1O2.Cc1cccc2c1c1cccc3c1n2-c1cccc2c1B3c1ccccc1O2.c1ccc(-c2ccc3c4c2-n2c5ccccc5c5cccc(c52)B4c2ccccc2O3)cc1. The minimum atomic E-state index is 0.143. The highest BCUT2D eigenvalue weighted by Crippen LogP contribution is 2.45. The van der Waals surface area contributed by atoms with Gasteiger partial charge in [0.15, 0.2) is 0 Å². The van der Waals surface area contributed by atoms with Gasteiger partial charge in [-0.15, -0.1) is 0 Å². The molecule has 17 aromatic carbocycles. The summed E-state index contributed by atoms with van der Waals surface area (Å²) in [5, 5.41) is 10.6. The molecule has 12 heterocycles. The number of rotatable bonds is 1. The largest absolute Gasteiger partial charge is 0.458 e. The number of fused-ring (bicyclic) bond motifs is 28. The third-order valence-corrected chi connectivity index (χ3v) is 26.3. The van der Waals surface area contributed by atoms with Crippen molar-refractivity contribution >= 4 is 180 Å². The van der Waals surface area contributed by atoms with Crippen LogP contribution in [-0.4, -0.2) is 45.1 Å². The Hall–Kier alpha value is -14.6. The number of ether oxygens (including phenoxy) is 4. The van der Waals surface area contributed by atoms with E-state index in [0.29, 0.717) is 0 Å². The fraction of sp³-hybridized carbons (Fsp3) is 0.0286. The van der Waals surface area contributed by atoms with Crippen LogP contribution in [0.1, 0.15) is 16.7 Å². The van der Waals surface area contributed by atoms with E-state index < -0.39 is 0 Å². The van der Waals surface area contributed by atoms with E-state index in [1.807, 2.05) is 0 Å². The van der Waals surface area contributed by atoms with Crippen LogP contribution >= 0.6 is 0 Å². The van der Waals surface area contributed by atoms with Crippen molar-refractivity contribution in [2.45, 2.75) is 20.8 Å². The van der Waals surface area contributed by atoms with Gasteiger partial charge in [0, 0.05) is 87.8 Å². The van der Waals surface area contributed by atoms with Crippen LogP contribution in [0.5, 0.6) is 46.0 Å². The molecule has 12 heteroatoms. The summed E-state index contributed by atoms with van der Waals surface area (Å²) in [6, 6.07) is 124. The van der Waals surface area contributed by atoms with Gasteiger partial charge in [0.2, 0.25) is 0 Å². The smallest absolute Gasteiger partial charge is 0.256 e. The molecule has 0 fully saturated rings. The highest BCUT2D eigenvalue weighted by atomic mass is 16.5. The molecule has 8 aliphatic heterocycles. The average Bonchev–Trinajstić information content (AvgIpc) is 1.61. The van der Waals surface area contributed by atoms with Crippen molar-refractivity contribution in [3.63, 3.8) is 0 Å². The van der Waals surface area contributed by atoms with E-state index in [4.69, 9.17) is 18.9 Å². The number of hydrogen-bond donors (Lipinski definition) is 0. The number of nitrogens with zero attached hydrogens (tertiary/aromatic N) is 4. The van der Waals surface area contributed by atoms with Crippen LogP contribution in [0, 0.1) is 20.8 Å². The van der Waals surface area contributed by atoms with Crippen LogP contribution < -0.4 is 84.5 Å². The van der Waals surface area contributed by atoms with Crippen molar-refractivity contribution in [1.82, 2.24) is 18.3 Å². The van der Waals surface area contributed by atoms with Crippen molar-refractivity contribution in [1.29, 1.82) is 0 Å². The lowest BCUT2D eigenvalue weighted by molar-refractivity contribution is 0.487. The van der Waals surface area contributed by atoms with Crippen molar-refractivity contribution < 1.29 is 18.9 Å². The van der Waals surface area contributed by atoms with E-state index in [9.17, 15) is 0 Å². The summed E-state index contributed by atoms with van der Waals surface area (Å²) in [7, 11) is 0. The summed E-state index contributed by atoms with van der Waals surface area (Å²) in [4.78, 5) is 0. The highest BCUT2D eigenvalue weighted by molar-refractivity contribution is 7.01. The third-order valence-electron chi connectivity index (χ3n) is 26.3. The average molecular weight is 1490 g/mol. The lowest BCUT2D eigenvalue weighted by Crippen LogP contribution is -2.58. The first-order valence-electron chi connectivity index (χ1n) is 40.7. The Kier molecular flexibility index (Phi) is 13.4. The van der Waals surface area contributed by atoms with Gasteiger partial charge in [-0.05, 0) is 206 Å². The lowest BCUT2D eigenvalue weighted by Gasteiger charge is -2.34. The van der Waals surface area contributed by atoms with Crippen LogP contribution in [0.2, 0.25) is 0 Å². The summed E-state index contributed by atoms with van der Waals surface area (Å²) in [5.74, 6) is 7.72. The molecule has 542 valence electrons. The van der Waals surface area contributed by atoms with E-state index in [1.54, 1.807) is 0 Å². The standard InChI is InChI=1S/C30H18BNO.3C25H16BNO/c1-2-9-19(10-3-1)20-17-18-27-28-30(20)32-25-15-6-4-11-21(25)22-12-8-14-24(29(22)32)31(28)23-13-5-7-16-26(23)33-27;1-15-7-4-11-19-23(15)16-8-5-10-18-25(16)27(19)20-12-6-14-22-24(20)26(18)17-9-2-3-13-21(17)28-22;1-15-12-13-16-17-6-4-8-19-25(17)27(21(16)14-15)20-9-5-11-23-24(20)26(19)18-7-2-3-10-22(18)28-23;1-15-12-13-20-17(14-15)16-6-4-8-19-25(16)27(20)21-9-5-11-23-24(21)26(19)18-7-2-3-10-22(18)28-23/h1-18H;3*2-14H,1H3. The van der Waals surface area contributed by atoms with Gasteiger partial charge in [-0.3, -0.25) is 0 Å². The predicted octanol–water partition coefficient (Wildman–Crippen LogP) is 17.5. The molecule has 0 amide bonds. The van der Waals surface area contributed by atoms with Gasteiger partial charge >= 0.3 is 0 Å². The van der Waals surface area contributed by atoms with Gasteiger partial charge in [-0.1, -0.05) is 248 Å².